The van der Waals surface area contributed by atoms with Gasteiger partial charge in [0.2, 0.25) is 5.95 Å². The van der Waals surface area contributed by atoms with Crippen LogP contribution in [0.4, 0.5) is 17.5 Å². The van der Waals surface area contributed by atoms with Crippen LogP contribution in [-0.4, -0.2) is 27.2 Å². The summed E-state index contributed by atoms with van der Waals surface area (Å²) in [4.78, 5) is 12.1. The maximum Gasteiger partial charge on any atom is 0.222 e. The topological polar surface area (TPSA) is 106 Å². The van der Waals surface area contributed by atoms with Gasteiger partial charge in [-0.2, -0.15) is 4.98 Å². The van der Waals surface area contributed by atoms with E-state index in [1.54, 1.807) is 38.4 Å². The third kappa shape index (κ3) is 3.51. The molecule has 0 aliphatic carbocycles. The Morgan fingerprint density at radius 3 is 2.84 bits per heavy atom. The number of hydrogen-bond donors (Lipinski definition) is 3. The molecule has 1 atom stereocenters. The Bertz CT molecular complexity index is 886. The van der Waals surface area contributed by atoms with Crippen LogP contribution in [0, 0.1) is 0 Å². The van der Waals surface area contributed by atoms with E-state index in [9.17, 15) is 5.11 Å². The molecular formula is C16H16ClN5O2S. The number of methoxy groups -OCH3 is 1. The normalized spacial score (nSPS) is 13.3. The standard InChI is InChI=1S/C16H16ClN5O2S/c1-16(23,14-19-5-6-25-14)9-3-4-12(24-2)11(7-9)21-13-10(17)8-20-15(18)22-13/h3-8,23H,1-2H3,(H3,18,20,21,22). The van der Waals surface area contributed by atoms with Crippen molar-refractivity contribution in [2.45, 2.75) is 12.5 Å². The van der Waals surface area contributed by atoms with Crippen LogP contribution in [0.2, 0.25) is 5.02 Å². The summed E-state index contributed by atoms with van der Waals surface area (Å²) in [6.45, 7) is 1.69. The monoisotopic (exact) mass is 377 g/mol. The molecule has 25 heavy (non-hydrogen) atoms. The highest BCUT2D eigenvalue weighted by Gasteiger charge is 2.29. The van der Waals surface area contributed by atoms with Crippen molar-refractivity contribution in [3.8, 4) is 5.75 Å². The van der Waals surface area contributed by atoms with E-state index in [0.29, 0.717) is 32.8 Å². The highest BCUT2D eigenvalue weighted by Crippen LogP contribution is 2.37. The Morgan fingerprint density at radius 1 is 1.36 bits per heavy atom. The summed E-state index contributed by atoms with van der Waals surface area (Å²) < 4.78 is 5.37. The van der Waals surface area contributed by atoms with Crippen LogP contribution in [0.5, 0.6) is 5.75 Å². The summed E-state index contributed by atoms with van der Waals surface area (Å²) >= 11 is 7.49. The molecule has 7 nitrogen and oxygen atoms in total. The van der Waals surface area contributed by atoms with E-state index in [4.69, 9.17) is 22.1 Å². The Balaban J connectivity index is 2.02. The van der Waals surface area contributed by atoms with Crippen molar-refractivity contribution >= 4 is 40.4 Å². The molecule has 4 N–H and O–H groups in total. The minimum absolute atomic E-state index is 0.0943. The number of anilines is 3. The summed E-state index contributed by atoms with van der Waals surface area (Å²) in [6, 6.07) is 5.29. The van der Waals surface area contributed by atoms with Crippen LogP contribution in [0.1, 0.15) is 17.5 Å². The van der Waals surface area contributed by atoms with Crippen molar-refractivity contribution in [1.29, 1.82) is 0 Å². The summed E-state index contributed by atoms with van der Waals surface area (Å²) in [6.07, 6.45) is 3.06. The molecule has 0 radical (unpaired) electrons. The zero-order valence-corrected chi connectivity index (χ0v) is 15.1. The summed E-state index contributed by atoms with van der Waals surface area (Å²) in [5, 5.41) is 16.7. The number of aromatic nitrogens is 3. The number of hydrogen-bond acceptors (Lipinski definition) is 8. The lowest BCUT2D eigenvalue weighted by atomic mass is 9.96. The second-order valence-electron chi connectivity index (χ2n) is 5.37. The highest BCUT2D eigenvalue weighted by atomic mass is 35.5. The largest absolute Gasteiger partial charge is 0.495 e. The van der Waals surface area contributed by atoms with Gasteiger partial charge in [-0.25, -0.2) is 9.97 Å². The van der Waals surface area contributed by atoms with Gasteiger partial charge >= 0.3 is 0 Å². The van der Waals surface area contributed by atoms with E-state index >= 15 is 0 Å². The summed E-state index contributed by atoms with van der Waals surface area (Å²) in [5.74, 6) is 1.00. The first-order valence-electron chi connectivity index (χ1n) is 7.27. The molecule has 3 aromatic rings. The highest BCUT2D eigenvalue weighted by molar-refractivity contribution is 7.09. The smallest absolute Gasteiger partial charge is 0.222 e. The van der Waals surface area contributed by atoms with Gasteiger partial charge in [0.25, 0.3) is 0 Å². The Kier molecular flexibility index (Phi) is 4.76. The Hall–Kier alpha value is -2.42. The molecule has 2 heterocycles. The number of benzene rings is 1. The van der Waals surface area contributed by atoms with Crippen molar-refractivity contribution in [3.05, 3.63) is 51.6 Å². The molecule has 3 rings (SSSR count). The molecule has 0 saturated carbocycles. The predicted molar refractivity (Wildman–Crippen MR) is 98.5 cm³/mol. The molecule has 9 heteroatoms. The molecule has 0 aliphatic heterocycles. The second-order valence-corrected chi connectivity index (χ2v) is 6.68. The second kappa shape index (κ2) is 6.83. The van der Waals surface area contributed by atoms with E-state index in [2.05, 4.69) is 20.3 Å². The van der Waals surface area contributed by atoms with E-state index < -0.39 is 5.60 Å². The van der Waals surface area contributed by atoms with Gasteiger partial charge in [0, 0.05) is 11.6 Å². The maximum atomic E-state index is 10.9. The first-order chi connectivity index (χ1) is 11.9. The SMILES string of the molecule is COc1ccc(C(C)(O)c2nccs2)cc1Nc1nc(N)ncc1Cl. The van der Waals surface area contributed by atoms with Crippen LogP contribution in [0.15, 0.2) is 36.0 Å². The molecule has 0 fully saturated rings. The fourth-order valence-electron chi connectivity index (χ4n) is 2.29. The van der Waals surface area contributed by atoms with Crippen molar-refractivity contribution in [1.82, 2.24) is 15.0 Å². The molecule has 130 valence electrons. The lowest BCUT2D eigenvalue weighted by Gasteiger charge is -2.23. The minimum Gasteiger partial charge on any atom is -0.495 e. The van der Waals surface area contributed by atoms with Crippen LogP contribution < -0.4 is 15.8 Å². The van der Waals surface area contributed by atoms with E-state index in [0.717, 1.165) is 0 Å². The summed E-state index contributed by atoms with van der Waals surface area (Å²) in [5.41, 5.74) is 5.59. The molecular weight excluding hydrogens is 362 g/mol. The van der Waals surface area contributed by atoms with Crippen LogP contribution in [-0.2, 0) is 5.60 Å². The maximum absolute atomic E-state index is 10.9. The summed E-state index contributed by atoms with van der Waals surface area (Å²) in [7, 11) is 1.55. The number of halogens is 1. The Labute approximate surface area is 153 Å². The zero-order chi connectivity index (χ0) is 18.0. The van der Waals surface area contributed by atoms with Gasteiger partial charge < -0.3 is 20.9 Å². The van der Waals surface area contributed by atoms with E-state index in [1.165, 1.54) is 17.5 Å². The molecule has 0 spiro atoms. The van der Waals surface area contributed by atoms with Gasteiger partial charge in [-0.15, -0.1) is 11.3 Å². The van der Waals surface area contributed by atoms with Crippen molar-refractivity contribution < 1.29 is 9.84 Å². The molecule has 0 aliphatic rings. The number of nitrogens with zero attached hydrogens (tertiary/aromatic N) is 3. The first-order valence-corrected chi connectivity index (χ1v) is 8.53. The number of nitrogen functional groups attached to an aromatic ring is 1. The van der Waals surface area contributed by atoms with Gasteiger partial charge in [0.05, 0.1) is 19.0 Å². The van der Waals surface area contributed by atoms with Gasteiger partial charge in [-0.3, -0.25) is 0 Å². The number of ether oxygens (including phenoxy) is 1. The predicted octanol–water partition coefficient (Wildman–Crippen LogP) is 3.18. The molecule has 2 aromatic heterocycles. The number of rotatable bonds is 5. The molecule has 0 bridgehead atoms. The average Bonchev–Trinajstić information content (AvgIpc) is 3.13. The number of nitrogens with two attached hydrogens (primary N) is 1. The van der Waals surface area contributed by atoms with E-state index in [1.807, 2.05) is 5.38 Å². The van der Waals surface area contributed by atoms with Crippen LogP contribution >= 0.6 is 22.9 Å². The lowest BCUT2D eigenvalue weighted by Crippen LogP contribution is -2.22. The van der Waals surface area contributed by atoms with Gasteiger partial charge in [-0.05, 0) is 24.6 Å². The lowest BCUT2D eigenvalue weighted by molar-refractivity contribution is 0.102. The van der Waals surface area contributed by atoms with Gasteiger partial charge in [0.15, 0.2) is 5.82 Å². The van der Waals surface area contributed by atoms with Crippen LogP contribution in [0.3, 0.4) is 0 Å². The molecule has 0 amide bonds. The zero-order valence-electron chi connectivity index (χ0n) is 13.5. The van der Waals surface area contributed by atoms with Crippen molar-refractivity contribution in [2.24, 2.45) is 0 Å². The van der Waals surface area contributed by atoms with E-state index in [-0.39, 0.29) is 5.95 Å². The third-order valence-corrected chi connectivity index (χ3v) is 4.89. The van der Waals surface area contributed by atoms with Gasteiger partial charge in [-0.1, -0.05) is 17.7 Å². The minimum atomic E-state index is -1.24. The van der Waals surface area contributed by atoms with Crippen LogP contribution in [0.25, 0.3) is 0 Å². The quantitative estimate of drug-likeness (QED) is 0.626. The number of nitrogens with one attached hydrogen (secondary N) is 1. The molecule has 1 aromatic carbocycles. The average molecular weight is 378 g/mol. The first kappa shape index (κ1) is 17.4. The number of aliphatic hydroxyl groups is 1. The Morgan fingerprint density at radius 2 is 2.16 bits per heavy atom. The van der Waals surface area contributed by atoms with Crippen molar-refractivity contribution in [3.63, 3.8) is 0 Å². The fourth-order valence-corrected chi connectivity index (χ4v) is 3.15. The fraction of sp³-hybridized carbons (Fsp3) is 0.188. The molecule has 1 unspecified atom stereocenters. The third-order valence-electron chi connectivity index (χ3n) is 3.63. The van der Waals surface area contributed by atoms with Crippen molar-refractivity contribution in [2.75, 3.05) is 18.2 Å². The van der Waals surface area contributed by atoms with Gasteiger partial charge in [0.1, 0.15) is 21.4 Å². The number of thiazole rings is 1. The molecule has 0 saturated heterocycles.